The number of morpholine rings is 1. The highest BCUT2D eigenvalue weighted by molar-refractivity contribution is 5.83. The minimum atomic E-state index is -1.24. The number of likely N-dealkylation sites (tertiary alicyclic amines) is 1. The second-order valence-electron chi connectivity index (χ2n) is 14.2. The van der Waals surface area contributed by atoms with Gasteiger partial charge in [0.25, 0.3) is 0 Å². The molecular formula is C28H48N4O7. The third-order valence-electron chi connectivity index (χ3n) is 7.89. The summed E-state index contributed by atoms with van der Waals surface area (Å²) in [5, 5.41) is 24.5. The van der Waals surface area contributed by atoms with Gasteiger partial charge in [0.15, 0.2) is 0 Å². The van der Waals surface area contributed by atoms with Crippen LogP contribution in [-0.2, 0) is 23.9 Å². The Morgan fingerprint density at radius 3 is 2.33 bits per heavy atom. The van der Waals surface area contributed by atoms with Crippen molar-refractivity contribution in [3.63, 3.8) is 0 Å². The van der Waals surface area contributed by atoms with Gasteiger partial charge in [-0.25, -0.2) is 0 Å². The first-order valence-corrected chi connectivity index (χ1v) is 14.3. The number of carbonyl (C=O) groups excluding carboxylic acids is 3. The number of ether oxygens (including phenoxy) is 2. The zero-order chi connectivity index (χ0) is 28.7. The summed E-state index contributed by atoms with van der Waals surface area (Å²) in [5.74, 6) is -0.379. The van der Waals surface area contributed by atoms with Crippen LogP contribution in [-0.4, -0.2) is 131 Å². The first-order valence-electron chi connectivity index (χ1n) is 14.3. The quantitative estimate of drug-likeness (QED) is 0.436. The predicted molar refractivity (Wildman–Crippen MR) is 144 cm³/mol. The molecule has 0 aromatic carbocycles. The summed E-state index contributed by atoms with van der Waals surface area (Å²) < 4.78 is 12.0. The van der Waals surface area contributed by atoms with Crippen LogP contribution in [0.4, 0.5) is 0 Å². The molecule has 4 rings (SSSR count). The third-order valence-corrected chi connectivity index (χ3v) is 7.89. The average Bonchev–Trinajstić information content (AvgIpc) is 3.30. The number of aliphatic hydroxyl groups is 2. The monoisotopic (exact) mass is 552 g/mol. The van der Waals surface area contributed by atoms with Crippen LogP contribution in [0.5, 0.6) is 0 Å². The summed E-state index contributed by atoms with van der Waals surface area (Å²) in [6.07, 6.45) is -3.91. The van der Waals surface area contributed by atoms with Crippen LogP contribution in [0.1, 0.15) is 60.8 Å². The number of fused-ring (bicyclic) bond motifs is 6. The van der Waals surface area contributed by atoms with Crippen molar-refractivity contribution in [3.8, 4) is 0 Å². The molecule has 0 aromatic rings. The van der Waals surface area contributed by atoms with Crippen LogP contribution in [0, 0.1) is 10.8 Å². The van der Waals surface area contributed by atoms with Crippen molar-refractivity contribution in [2.75, 3.05) is 45.9 Å². The van der Waals surface area contributed by atoms with Crippen molar-refractivity contribution >= 4 is 17.7 Å². The maximum Gasteiger partial charge on any atom is 0.240 e. The molecule has 4 aliphatic heterocycles. The Kier molecular flexibility index (Phi) is 8.97. The smallest absolute Gasteiger partial charge is 0.240 e. The van der Waals surface area contributed by atoms with Crippen molar-refractivity contribution in [2.45, 2.75) is 103 Å². The summed E-state index contributed by atoms with van der Waals surface area (Å²) in [7, 11) is 0. The van der Waals surface area contributed by atoms with E-state index in [-0.39, 0.29) is 72.7 Å². The molecule has 11 nitrogen and oxygen atoms in total. The second kappa shape index (κ2) is 11.6. The fraction of sp³-hybridized carbons (Fsp3) is 0.893. The highest BCUT2D eigenvalue weighted by atomic mass is 16.5. The van der Waals surface area contributed by atoms with Crippen LogP contribution in [0.3, 0.4) is 0 Å². The normalized spacial score (nSPS) is 35.3. The zero-order valence-electron chi connectivity index (χ0n) is 24.4. The number of nitrogens with one attached hydrogen (secondary N) is 1. The first-order chi connectivity index (χ1) is 18.1. The minimum Gasteiger partial charge on any atom is -0.388 e. The number of nitrogens with zero attached hydrogens (tertiary/aromatic N) is 3. The molecule has 4 fully saturated rings. The molecule has 3 amide bonds. The molecule has 0 aromatic heterocycles. The third kappa shape index (κ3) is 7.70. The van der Waals surface area contributed by atoms with Crippen molar-refractivity contribution in [1.82, 2.24) is 20.0 Å². The van der Waals surface area contributed by atoms with E-state index in [4.69, 9.17) is 9.47 Å². The number of amides is 3. The lowest BCUT2D eigenvalue weighted by molar-refractivity contribution is -0.148. The summed E-state index contributed by atoms with van der Waals surface area (Å²) in [6.45, 7) is 15.1. The summed E-state index contributed by atoms with van der Waals surface area (Å²) >= 11 is 0. The SMILES string of the molecule is CC(C)(C)CC(=O)N1C[C@@H]2CN(CCO2)C(=O)[C@@H]2C[C@@H](CN2CC(C)(C)C)NC(=O)C[C@@H]2O[C@H](C1)[C@@H](O)[C@H]2O. The lowest BCUT2D eigenvalue weighted by Crippen LogP contribution is -2.56. The molecule has 0 saturated carbocycles. The standard InChI is InChI=1S/C28H48N4O7/c1-27(2,3)11-23(34)31-14-18-13-30(7-8-38-18)26(37)19-9-17(12-32(19)16-28(4,5)6)29-22(33)10-20-24(35)25(36)21(15-31)39-20/h17-21,24-25,35-36H,7-16H2,1-6H3,(H,29,33)/t17-,18-,19-,20-,21+,24-,25+/m0/s1. The van der Waals surface area contributed by atoms with Gasteiger partial charge in [-0.05, 0) is 17.3 Å². The average molecular weight is 553 g/mol. The largest absolute Gasteiger partial charge is 0.388 e. The van der Waals surface area contributed by atoms with Gasteiger partial charge in [0.1, 0.15) is 18.3 Å². The molecule has 4 heterocycles. The highest BCUT2D eigenvalue weighted by Crippen LogP contribution is 2.29. The van der Waals surface area contributed by atoms with E-state index < -0.39 is 24.4 Å². The van der Waals surface area contributed by atoms with Gasteiger partial charge < -0.3 is 34.8 Å². The molecule has 0 spiro atoms. The van der Waals surface area contributed by atoms with E-state index in [1.165, 1.54) is 0 Å². The van der Waals surface area contributed by atoms with E-state index in [0.717, 1.165) is 0 Å². The van der Waals surface area contributed by atoms with Crippen LogP contribution in [0.15, 0.2) is 0 Å². The van der Waals surface area contributed by atoms with Crippen molar-refractivity contribution in [1.29, 1.82) is 0 Å². The number of hydrogen-bond acceptors (Lipinski definition) is 8. The number of hydrogen-bond donors (Lipinski definition) is 3. The Hall–Kier alpha value is -1.79. The Morgan fingerprint density at radius 2 is 1.67 bits per heavy atom. The molecule has 222 valence electrons. The molecule has 0 radical (unpaired) electrons. The maximum atomic E-state index is 13.8. The van der Waals surface area contributed by atoms with Gasteiger partial charge >= 0.3 is 0 Å². The molecule has 4 aliphatic rings. The first kappa shape index (κ1) is 30.2. The predicted octanol–water partition coefficient (Wildman–Crippen LogP) is -0.0233. The Balaban J connectivity index is 1.62. The molecule has 0 unspecified atom stereocenters. The zero-order valence-corrected chi connectivity index (χ0v) is 24.4. The van der Waals surface area contributed by atoms with Crippen LogP contribution in [0.25, 0.3) is 0 Å². The van der Waals surface area contributed by atoms with E-state index in [1.807, 2.05) is 25.7 Å². The van der Waals surface area contributed by atoms with E-state index >= 15 is 0 Å². The van der Waals surface area contributed by atoms with Gasteiger partial charge in [-0.3, -0.25) is 19.3 Å². The van der Waals surface area contributed by atoms with Gasteiger partial charge in [-0.15, -0.1) is 0 Å². The fourth-order valence-electron chi connectivity index (χ4n) is 6.21. The Morgan fingerprint density at radius 1 is 0.974 bits per heavy atom. The number of rotatable bonds is 2. The van der Waals surface area contributed by atoms with Gasteiger partial charge in [0.05, 0.1) is 31.3 Å². The van der Waals surface area contributed by atoms with Gasteiger partial charge in [-0.2, -0.15) is 0 Å². The summed E-state index contributed by atoms with van der Waals surface area (Å²) in [4.78, 5) is 45.8. The lowest BCUT2D eigenvalue weighted by atomic mass is 9.91. The minimum absolute atomic E-state index is 0.0261. The van der Waals surface area contributed by atoms with Gasteiger partial charge in [-0.1, -0.05) is 41.5 Å². The van der Waals surface area contributed by atoms with E-state index in [9.17, 15) is 24.6 Å². The molecule has 39 heavy (non-hydrogen) atoms. The Labute approximate surface area is 232 Å². The maximum absolute atomic E-state index is 13.8. The van der Waals surface area contributed by atoms with Crippen LogP contribution in [0.2, 0.25) is 0 Å². The van der Waals surface area contributed by atoms with Crippen molar-refractivity contribution in [2.24, 2.45) is 10.8 Å². The molecule has 4 saturated heterocycles. The molecule has 7 atom stereocenters. The molecular weight excluding hydrogens is 504 g/mol. The second-order valence-corrected chi connectivity index (χ2v) is 14.2. The fourth-order valence-corrected chi connectivity index (χ4v) is 6.21. The molecule has 11 heteroatoms. The van der Waals surface area contributed by atoms with Crippen molar-refractivity contribution in [3.05, 3.63) is 0 Å². The van der Waals surface area contributed by atoms with Crippen molar-refractivity contribution < 1.29 is 34.1 Å². The van der Waals surface area contributed by atoms with Crippen LogP contribution >= 0.6 is 0 Å². The molecule has 3 N–H and O–H groups in total. The molecule has 0 aliphatic carbocycles. The number of carbonyl (C=O) groups is 3. The van der Waals surface area contributed by atoms with E-state index in [1.54, 1.807) is 4.90 Å². The lowest BCUT2D eigenvalue weighted by Gasteiger charge is -2.39. The van der Waals surface area contributed by atoms with Gasteiger partial charge in [0, 0.05) is 51.7 Å². The summed E-state index contributed by atoms with van der Waals surface area (Å²) in [6, 6.07) is -0.567. The Bertz CT molecular complexity index is 917. The molecule has 6 bridgehead atoms. The highest BCUT2D eigenvalue weighted by Gasteiger charge is 2.46. The topological polar surface area (TPSA) is 132 Å². The summed E-state index contributed by atoms with van der Waals surface area (Å²) in [5.41, 5.74) is -0.294. The van der Waals surface area contributed by atoms with Crippen LogP contribution < -0.4 is 5.32 Å². The van der Waals surface area contributed by atoms with Gasteiger partial charge in [0.2, 0.25) is 17.7 Å². The van der Waals surface area contributed by atoms with E-state index in [2.05, 4.69) is 31.0 Å². The number of aliphatic hydroxyl groups excluding tert-OH is 2. The van der Waals surface area contributed by atoms with E-state index in [0.29, 0.717) is 39.2 Å².